The van der Waals surface area contributed by atoms with Crippen LogP contribution in [0.25, 0.3) is 0 Å². The molecule has 1 N–H and O–H groups in total. The van der Waals surface area contributed by atoms with Crippen LogP contribution in [0.4, 0.5) is 0 Å². The minimum Gasteiger partial charge on any atom is -0.381 e. The van der Waals surface area contributed by atoms with Gasteiger partial charge < -0.3 is 10.1 Å². The van der Waals surface area contributed by atoms with E-state index in [4.69, 9.17) is 0 Å². The molecule has 1 saturated heterocycles. The summed E-state index contributed by atoms with van der Waals surface area (Å²) >= 11 is 0. The van der Waals surface area contributed by atoms with Crippen LogP contribution in [0.3, 0.4) is 0 Å². The summed E-state index contributed by atoms with van der Waals surface area (Å²) in [7, 11) is 1.64. The molecule has 1 fully saturated rings. The van der Waals surface area contributed by atoms with Gasteiger partial charge in [0.1, 0.15) is 0 Å². The molecule has 0 amide bonds. The third kappa shape index (κ3) is 16.3. The first-order valence-corrected chi connectivity index (χ1v) is 4.72. The number of hydrogen-bond acceptors (Lipinski definition) is 2. The quantitative estimate of drug-likeness (QED) is 0.646. The highest BCUT2D eigenvalue weighted by molar-refractivity contribution is 4.62. The second-order valence-corrected chi connectivity index (χ2v) is 2.20. The van der Waals surface area contributed by atoms with Gasteiger partial charge in [-0.3, -0.25) is 0 Å². The van der Waals surface area contributed by atoms with Crippen LogP contribution >= 0.6 is 0 Å². The largest absolute Gasteiger partial charge is 0.381 e. The fourth-order valence-corrected chi connectivity index (χ4v) is 0.743. The minimum atomic E-state index is 0.653. The maximum absolute atomic E-state index is 4.57. The van der Waals surface area contributed by atoms with Gasteiger partial charge in [0.15, 0.2) is 0 Å². The van der Waals surface area contributed by atoms with Crippen molar-refractivity contribution >= 4 is 0 Å². The molecule has 0 radical (unpaired) electrons. The van der Waals surface area contributed by atoms with Gasteiger partial charge in [-0.05, 0) is 25.9 Å². The van der Waals surface area contributed by atoms with E-state index in [1.54, 1.807) is 13.2 Å². The predicted molar refractivity (Wildman–Crippen MR) is 55.5 cm³/mol. The van der Waals surface area contributed by atoms with Crippen LogP contribution in [-0.4, -0.2) is 26.8 Å². The van der Waals surface area contributed by atoms with Crippen LogP contribution in [0.2, 0.25) is 0 Å². The van der Waals surface area contributed by atoms with Crippen molar-refractivity contribution in [1.82, 2.24) is 5.32 Å². The molecule has 2 heteroatoms. The molecule has 0 bridgehead atoms. The van der Waals surface area contributed by atoms with Crippen molar-refractivity contribution in [3.63, 3.8) is 0 Å². The molecule has 12 heavy (non-hydrogen) atoms. The lowest BCUT2D eigenvalue weighted by atomic mass is 10.4. The van der Waals surface area contributed by atoms with Crippen molar-refractivity contribution in [2.45, 2.75) is 26.7 Å². The van der Waals surface area contributed by atoms with E-state index < -0.39 is 0 Å². The third-order valence-corrected chi connectivity index (χ3v) is 1.24. The Morgan fingerprint density at radius 3 is 1.92 bits per heavy atom. The first-order chi connectivity index (χ1) is 5.91. The second-order valence-electron chi connectivity index (χ2n) is 2.20. The molecule has 1 rings (SSSR count). The molecule has 2 nitrogen and oxygen atoms in total. The van der Waals surface area contributed by atoms with Gasteiger partial charge in [0.25, 0.3) is 0 Å². The van der Waals surface area contributed by atoms with Gasteiger partial charge in [-0.2, -0.15) is 0 Å². The molecule has 1 heterocycles. The van der Waals surface area contributed by atoms with Crippen molar-refractivity contribution in [3.05, 3.63) is 12.7 Å². The highest BCUT2D eigenvalue weighted by Gasteiger charge is 1.93. The van der Waals surface area contributed by atoms with Crippen molar-refractivity contribution < 1.29 is 4.74 Å². The maximum Gasteiger partial charge on any atom is 0.0641 e. The zero-order valence-corrected chi connectivity index (χ0v) is 8.73. The molecule has 0 spiro atoms. The van der Waals surface area contributed by atoms with E-state index in [1.807, 2.05) is 13.8 Å². The third-order valence-electron chi connectivity index (χ3n) is 1.24. The first kappa shape index (κ1) is 14.2. The van der Waals surface area contributed by atoms with Gasteiger partial charge >= 0.3 is 0 Å². The highest BCUT2D eigenvalue weighted by Crippen LogP contribution is 1.90. The lowest BCUT2D eigenvalue weighted by molar-refractivity contribution is 0.234. The van der Waals surface area contributed by atoms with Crippen LogP contribution in [-0.2, 0) is 4.74 Å². The van der Waals surface area contributed by atoms with Crippen LogP contribution in [0.15, 0.2) is 12.7 Å². The number of ether oxygens (including phenoxy) is 1. The molecule has 0 unspecified atom stereocenters. The average molecular weight is 173 g/mol. The lowest BCUT2D eigenvalue weighted by Gasteiger charge is -1.79. The van der Waals surface area contributed by atoms with E-state index in [-0.39, 0.29) is 0 Å². The lowest BCUT2D eigenvalue weighted by Crippen LogP contribution is -2.03. The summed E-state index contributed by atoms with van der Waals surface area (Å²) in [6.45, 7) is 10.6. The molecular weight excluding hydrogens is 150 g/mol. The SMILES string of the molecule is C1CCNC1.C=CCOC.CC. The molecule has 74 valence electrons. The summed E-state index contributed by atoms with van der Waals surface area (Å²) in [6.07, 6.45) is 4.49. The zero-order chi connectivity index (χ0) is 9.66. The van der Waals surface area contributed by atoms with Crippen LogP contribution in [0.1, 0.15) is 26.7 Å². The zero-order valence-electron chi connectivity index (χ0n) is 8.73. The molecule has 0 aliphatic carbocycles. The molecule has 0 aromatic rings. The predicted octanol–water partition coefficient (Wildman–Crippen LogP) is 2.21. The van der Waals surface area contributed by atoms with Crippen LogP contribution in [0.5, 0.6) is 0 Å². The molecule has 0 aromatic carbocycles. The summed E-state index contributed by atoms with van der Waals surface area (Å²) in [4.78, 5) is 0. The van der Waals surface area contributed by atoms with E-state index in [9.17, 15) is 0 Å². The van der Waals surface area contributed by atoms with E-state index in [0.717, 1.165) is 0 Å². The van der Waals surface area contributed by atoms with Gasteiger partial charge in [0.2, 0.25) is 0 Å². The first-order valence-electron chi connectivity index (χ1n) is 4.72. The smallest absolute Gasteiger partial charge is 0.0641 e. The Morgan fingerprint density at radius 2 is 1.83 bits per heavy atom. The molecule has 0 atom stereocenters. The van der Waals surface area contributed by atoms with E-state index in [0.29, 0.717) is 6.61 Å². The number of hydrogen-bond donors (Lipinski definition) is 1. The fraction of sp³-hybridized carbons (Fsp3) is 0.800. The van der Waals surface area contributed by atoms with Crippen LogP contribution < -0.4 is 5.32 Å². The van der Waals surface area contributed by atoms with Crippen molar-refractivity contribution in [3.8, 4) is 0 Å². The Kier molecular flexibility index (Phi) is 20.1. The standard InChI is InChI=1S/C4H9N.C4H8O.C2H6/c1-2-4-5-3-1;1-3-4-5-2;1-2/h5H,1-4H2;3H,1,4H2,2H3;1-2H3. The van der Waals surface area contributed by atoms with Gasteiger partial charge in [0, 0.05) is 7.11 Å². The van der Waals surface area contributed by atoms with Gasteiger partial charge in [0.05, 0.1) is 6.61 Å². The Balaban J connectivity index is 0. The molecule has 0 saturated carbocycles. The summed E-state index contributed by atoms with van der Waals surface area (Å²) in [5.41, 5.74) is 0. The molecule has 1 aliphatic heterocycles. The molecule has 1 aliphatic rings. The topological polar surface area (TPSA) is 21.3 Å². The monoisotopic (exact) mass is 173 g/mol. The van der Waals surface area contributed by atoms with Gasteiger partial charge in [-0.15, -0.1) is 6.58 Å². The van der Waals surface area contributed by atoms with Gasteiger partial charge in [-0.1, -0.05) is 19.9 Å². The van der Waals surface area contributed by atoms with Crippen molar-refractivity contribution in [1.29, 1.82) is 0 Å². The normalized spacial score (nSPS) is 13.6. The summed E-state index contributed by atoms with van der Waals surface area (Å²) < 4.78 is 4.57. The number of methoxy groups -OCH3 is 1. The van der Waals surface area contributed by atoms with Gasteiger partial charge in [-0.25, -0.2) is 0 Å². The van der Waals surface area contributed by atoms with Crippen molar-refractivity contribution in [2.24, 2.45) is 0 Å². The highest BCUT2D eigenvalue weighted by atomic mass is 16.5. The summed E-state index contributed by atoms with van der Waals surface area (Å²) in [5.74, 6) is 0. The Bertz CT molecular complexity index is 62.6. The number of nitrogens with one attached hydrogen (secondary N) is 1. The summed E-state index contributed by atoms with van der Waals surface area (Å²) in [5, 5.41) is 3.22. The maximum atomic E-state index is 4.57. The second kappa shape index (κ2) is 17.0. The fourth-order valence-electron chi connectivity index (χ4n) is 0.743. The summed E-state index contributed by atoms with van der Waals surface area (Å²) in [6, 6.07) is 0. The Morgan fingerprint density at radius 1 is 1.33 bits per heavy atom. The number of rotatable bonds is 2. The Hall–Kier alpha value is -0.340. The molecule has 0 aromatic heterocycles. The van der Waals surface area contributed by atoms with Crippen LogP contribution in [0, 0.1) is 0 Å². The Labute approximate surface area is 77.0 Å². The van der Waals surface area contributed by atoms with E-state index >= 15 is 0 Å². The van der Waals surface area contributed by atoms with E-state index in [2.05, 4.69) is 16.6 Å². The van der Waals surface area contributed by atoms with Crippen molar-refractivity contribution in [2.75, 3.05) is 26.8 Å². The minimum absolute atomic E-state index is 0.653. The average Bonchev–Trinajstić information content (AvgIpc) is 2.67. The van der Waals surface area contributed by atoms with E-state index in [1.165, 1.54) is 25.9 Å². The molecular formula is C10H23NO.